The van der Waals surface area contributed by atoms with Gasteiger partial charge in [-0.15, -0.1) is 0 Å². The molecule has 1 aliphatic carbocycles. The summed E-state index contributed by atoms with van der Waals surface area (Å²) < 4.78 is 0. The summed E-state index contributed by atoms with van der Waals surface area (Å²) in [6.07, 6.45) is 3.28. The molecule has 4 nitrogen and oxygen atoms in total. The van der Waals surface area contributed by atoms with Crippen LogP contribution in [0.2, 0.25) is 0 Å². The van der Waals surface area contributed by atoms with Gasteiger partial charge in [0.2, 0.25) is 11.8 Å². The van der Waals surface area contributed by atoms with Crippen LogP contribution in [0, 0.1) is 17.8 Å². The number of carbonyl (C=O) groups is 2. The molecule has 0 radical (unpaired) electrons. The minimum Gasteiger partial charge on any atom is -0.343 e. The van der Waals surface area contributed by atoms with Gasteiger partial charge in [0.05, 0.1) is 0 Å². The van der Waals surface area contributed by atoms with Crippen LogP contribution in [0.25, 0.3) is 0 Å². The molecule has 1 saturated heterocycles. The monoisotopic (exact) mass is 266 g/mol. The fourth-order valence-corrected chi connectivity index (χ4v) is 2.89. The zero-order chi connectivity index (χ0) is 14.2. The number of nitrogens with one attached hydrogen (secondary N) is 1. The molecule has 4 heteroatoms. The number of rotatable bonds is 5. The summed E-state index contributed by atoms with van der Waals surface area (Å²) in [5.74, 6) is 1.78. The molecule has 108 valence electrons. The zero-order valence-corrected chi connectivity index (χ0v) is 12.5. The van der Waals surface area contributed by atoms with E-state index in [-0.39, 0.29) is 23.9 Å². The predicted octanol–water partition coefficient (Wildman–Crippen LogP) is 1.79. The van der Waals surface area contributed by atoms with Gasteiger partial charge in [0.25, 0.3) is 0 Å². The van der Waals surface area contributed by atoms with Crippen LogP contribution in [-0.2, 0) is 9.59 Å². The molecule has 2 rings (SSSR count). The van der Waals surface area contributed by atoms with Crippen molar-refractivity contribution in [2.45, 2.75) is 59.0 Å². The third-order valence-electron chi connectivity index (χ3n) is 4.36. The fraction of sp³-hybridized carbons (Fsp3) is 0.867. The normalized spacial score (nSPS) is 29.6. The Morgan fingerprint density at radius 2 is 1.89 bits per heavy atom. The van der Waals surface area contributed by atoms with Crippen LogP contribution in [0.3, 0.4) is 0 Å². The average Bonchev–Trinajstić information content (AvgIpc) is 3.14. The molecular weight excluding hydrogens is 240 g/mol. The zero-order valence-electron chi connectivity index (χ0n) is 12.5. The summed E-state index contributed by atoms with van der Waals surface area (Å²) in [4.78, 5) is 26.3. The smallest absolute Gasteiger partial charge is 0.245 e. The first-order chi connectivity index (χ1) is 8.90. The average molecular weight is 266 g/mol. The Balaban J connectivity index is 2.04. The van der Waals surface area contributed by atoms with Crippen LogP contribution >= 0.6 is 0 Å². The van der Waals surface area contributed by atoms with E-state index in [1.165, 1.54) is 12.8 Å². The molecule has 0 aromatic rings. The largest absolute Gasteiger partial charge is 0.343 e. The molecule has 2 fully saturated rings. The molecule has 19 heavy (non-hydrogen) atoms. The van der Waals surface area contributed by atoms with Crippen LogP contribution in [-0.4, -0.2) is 35.3 Å². The van der Waals surface area contributed by atoms with Crippen molar-refractivity contribution in [1.82, 2.24) is 10.2 Å². The van der Waals surface area contributed by atoms with Crippen molar-refractivity contribution >= 4 is 11.8 Å². The molecule has 3 unspecified atom stereocenters. The van der Waals surface area contributed by atoms with Gasteiger partial charge < -0.3 is 10.2 Å². The van der Waals surface area contributed by atoms with E-state index in [0.717, 1.165) is 18.9 Å². The van der Waals surface area contributed by atoms with Gasteiger partial charge in [0, 0.05) is 6.54 Å². The Kier molecular flexibility index (Phi) is 4.16. The summed E-state index contributed by atoms with van der Waals surface area (Å²) in [7, 11) is 0. The van der Waals surface area contributed by atoms with Crippen molar-refractivity contribution in [1.29, 1.82) is 0 Å². The second kappa shape index (κ2) is 5.51. The van der Waals surface area contributed by atoms with Crippen molar-refractivity contribution in [3.05, 3.63) is 0 Å². The molecule has 0 aromatic heterocycles. The maximum Gasteiger partial charge on any atom is 0.245 e. The van der Waals surface area contributed by atoms with E-state index in [9.17, 15) is 9.59 Å². The first-order valence-corrected chi connectivity index (χ1v) is 7.51. The van der Waals surface area contributed by atoms with E-state index >= 15 is 0 Å². The topological polar surface area (TPSA) is 49.4 Å². The molecule has 1 N–H and O–H groups in total. The maximum atomic E-state index is 12.5. The van der Waals surface area contributed by atoms with Crippen LogP contribution in [0.1, 0.15) is 47.0 Å². The van der Waals surface area contributed by atoms with Gasteiger partial charge in [-0.25, -0.2) is 0 Å². The maximum absolute atomic E-state index is 12.5. The van der Waals surface area contributed by atoms with Crippen molar-refractivity contribution in [2.75, 3.05) is 6.54 Å². The minimum absolute atomic E-state index is 0.00625. The molecular formula is C15H26N2O2. The summed E-state index contributed by atoms with van der Waals surface area (Å²) in [6.45, 7) is 8.91. The summed E-state index contributed by atoms with van der Waals surface area (Å²) in [5.41, 5.74) is 0. The van der Waals surface area contributed by atoms with Gasteiger partial charge in [0.15, 0.2) is 0 Å². The Hall–Kier alpha value is -1.06. The molecule has 3 atom stereocenters. The predicted molar refractivity (Wildman–Crippen MR) is 74.4 cm³/mol. The Morgan fingerprint density at radius 1 is 1.26 bits per heavy atom. The standard InChI is InChI=1S/C15H26N2O2/c1-9(2)7-13-15(19)17(11(4)14(18)16-13)8-10(3)12-5-6-12/h9-13H,5-8H2,1-4H3,(H,16,18). The van der Waals surface area contributed by atoms with E-state index in [4.69, 9.17) is 0 Å². The number of amides is 2. The van der Waals surface area contributed by atoms with Gasteiger partial charge in [-0.1, -0.05) is 20.8 Å². The van der Waals surface area contributed by atoms with Gasteiger partial charge in [-0.05, 0) is 43.9 Å². The van der Waals surface area contributed by atoms with Crippen molar-refractivity contribution < 1.29 is 9.59 Å². The number of hydrogen-bond donors (Lipinski definition) is 1. The SMILES string of the molecule is CC(C)CC1NC(=O)C(C)N(CC(C)C2CC2)C1=O. The Morgan fingerprint density at radius 3 is 2.42 bits per heavy atom. The molecule has 2 amide bonds. The van der Waals surface area contributed by atoms with Gasteiger partial charge in [0.1, 0.15) is 12.1 Å². The third-order valence-corrected chi connectivity index (χ3v) is 4.36. The van der Waals surface area contributed by atoms with Crippen LogP contribution in [0.15, 0.2) is 0 Å². The highest BCUT2D eigenvalue weighted by Gasteiger charge is 2.40. The lowest BCUT2D eigenvalue weighted by atomic mass is 9.97. The van der Waals surface area contributed by atoms with Crippen molar-refractivity contribution in [2.24, 2.45) is 17.8 Å². The Labute approximate surface area is 115 Å². The quantitative estimate of drug-likeness (QED) is 0.825. The van der Waals surface area contributed by atoms with Crippen LogP contribution in [0.4, 0.5) is 0 Å². The first kappa shape index (κ1) is 14.4. The Bertz CT molecular complexity index is 363. The summed E-state index contributed by atoms with van der Waals surface area (Å²) in [6, 6.07) is -0.646. The molecule has 1 heterocycles. The van der Waals surface area contributed by atoms with Gasteiger partial charge in [-0.2, -0.15) is 0 Å². The van der Waals surface area contributed by atoms with Crippen molar-refractivity contribution in [3.8, 4) is 0 Å². The lowest BCUT2D eigenvalue weighted by Crippen LogP contribution is -2.63. The number of carbonyl (C=O) groups excluding carboxylic acids is 2. The highest BCUT2D eigenvalue weighted by molar-refractivity contribution is 5.96. The molecule has 0 aromatic carbocycles. The van der Waals surface area contributed by atoms with Crippen LogP contribution in [0.5, 0.6) is 0 Å². The highest BCUT2D eigenvalue weighted by Crippen LogP contribution is 2.37. The van der Waals surface area contributed by atoms with E-state index in [1.54, 1.807) is 4.90 Å². The fourth-order valence-electron chi connectivity index (χ4n) is 2.89. The molecule has 0 spiro atoms. The molecule has 0 bridgehead atoms. The number of piperazine rings is 1. The lowest BCUT2D eigenvalue weighted by Gasteiger charge is -2.39. The van der Waals surface area contributed by atoms with E-state index in [0.29, 0.717) is 11.8 Å². The molecule has 1 saturated carbocycles. The van der Waals surface area contributed by atoms with E-state index in [2.05, 4.69) is 26.1 Å². The molecule has 1 aliphatic heterocycles. The second-order valence-electron chi connectivity index (χ2n) is 6.67. The lowest BCUT2D eigenvalue weighted by molar-refractivity contribution is -0.149. The molecule has 2 aliphatic rings. The second-order valence-corrected chi connectivity index (χ2v) is 6.67. The van der Waals surface area contributed by atoms with E-state index in [1.807, 2.05) is 6.92 Å². The summed E-state index contributed by atoms with van der Waals surface area (Å²) >= 11 is 0. The first-order valence-electron chi connectivity index (χ1n) is 7.51. The van der Waals surface area contributed by atoms with Gasteiger partial charge in [-0.3, -0.25) is 9.59 Å². The minimum atomic E-state index is -0.324. The van der Waals surface area contributed by atoms with Gasteiger partial charge >= 0.3 is 0 Å². The number of hydrogen-bond acceptors (Lipinski definition) is 2. The van der Waals surface area contributed by atoms with Crippen molar-refractivity contribution in [3.63, 3.8) is 0 Å². The third kappa shape index (κ3) is 3.28. The number of nitrogens with zero attached hydrogens (tertiary/aromatic N) is 1. The van der Waals surface area contributed by atoms with Crippen LogP contribution < -0.4 is 5.32 Å². The summed E-state index contributed by atoms with van der Waals surface area (Å²) in [5, 5.41) is 2.87. The highest BCUT2D eigenvalue weighted by atomic mass is 16.2. The van der Waals surface area contributed by atoms with E-state index < -0.39 is 0 Å².